The summed E-state index contributed by atoms with van der Waals surface area (Å²) in [4.78, 5) is 12.0. The Morgan fingerprint density at radius 3 is 2.45 bits per heavy atom. The van der Waals surface area contributed by atoms with E-state index in [4.69, 9.17) is 9.47 Å². The molecule has 0 N–H and O–H groups in total. The summed E-state index contributed by atoms with van der Waals surface area (Å²) in [5.74, 6) is 0.280. The smallest absolute Gasteiger partial charge is 0.338 e. The van der Waals surface area contributed by atoms with Crippen molar-refractivity contribution in [3.05, 3.63) is 35.9 Å². The monoisotopic (exact) mass is 276 g/mol. The quantitative estimate of drug-likeness (QED) is 0.770. The lowest BCUT2D eigenvalue weighted by atomic mass is 9.66. The maximum atomic E-state index is 12.0. The summed E-state index contributed by atoms with van der Waals surface area (Å²) in [6.07, 6.45) is 0.906. The van der Waals surface area contributed by atoms with Crippen LogP contribution in [-0.2, 0) is 9.47 Å². The van der Waals surface area contributed by atoms with Crippen LogP contribution in [0.15, 0.2) is 30.3 Å². The molecule has 3 heteroatoms. The Morgan fingerprint density at radius 2 is 1.90 bits per heavy atom. The fourth-order valence-electron chi connectivity index (χ4n) is 2.41. The van der Waals surface area contributed by atoms with Crippen LogP contribution >= 0.6 is 0 Å². The van der Waals surface area contributed by atoms with Crippen molar-refractivity contribution in [3.8, 4) is 0 Å². The van der Waals surface area contributed by atoms with Crippen molar-refractivity contribution >= 4 is 5.97 Å². The van der Waals surface area contributed by atoms with Crippen LogP contribution in [0.4, 0.5) is 0 Å². The molecule has 1 aliphatic carbocycles. The molecular weight excluding hydrogens is 252 g/mol. The molecule has 0 unspecified atom stereocenters. The number of rotatable bonds is 5. The molecule has 0 bridgehead atoms. The molecule has 0 spiro atoms. The van der Waals surface area contributed by atoms with E-state index in [-0.39, 0.29) is 23.6 Å². The van der Waals surface area contributed by atoms with Gasteiger partial charge >= 0.3 is 5.97 Å². The third kappa shape index (κ3) is 3.21. The van der Waals surface area contributed by atoms with E-state index in [1.165, 1.54) is 0 Å². The predicted octanol–water partition coefficient (Wildman–Crippen LogP) is 3.68. The molecule has 1 aliphatic rings. The summed E-state index contributed by atoms with van der Waals surface area (Å²) in [5, 5.41) is 0. The zero-order valence-electron chi connectivity index (χ0n) is 12.8. The maximum Gasteiger partial charge on any atom is 0.338 e. The third-order valence-electron chi connectivity index (χ3n) is 3.98. The fourth-order valence-corrected chi connectivity index (χ4v) is 2.41. The first kappa shape index (κ1) is 15.0. The molecule has 2 atom stereocenters. The van der Waals surface area contributed by atoms with E-state index < -0.39 is 0 Å². The number of ether oxygens (including phenoxy) is 2. The van der Waals surface area contributed by atoms with Crippen molar-refractivity contribution in [3.63, 3.8) is 0 Å². The Labute approximate surface area is 121 Å². The minimum Gasteiger partial charge on any atom is -0.458 e. The molecule has 1 aromatic rings. The molecular formula is C17H24O3. The molecule has 0 saturated heterocycles. The zero-order chi connectivity index (χ0) is 14.8. The Balaban J connectivity index is 1.88. The minimum atomic E-state index is -0.244. The van der Waals surface area contributed by atoms with Gasteiger partial charge in [0.1, 0.15) is 6.10 Å². The highest BCUT2D eigenvalue weighted by molar-refractivity contribution is 5.89. The van der Waals surface area contributed by atoms with Crippen molar-refractivity contribution in [1.29, 1.82) is 0 Å². The number of benzene rings is 1. The summed E-state index contributed by atoms with van der Waals surface area (Å²) < 4.78 is 11.5. The molecule has 110 valence electrons. The first-order valence-electron chi connectivity index (χ1n) is 7.29. The second kappa shape index (κ2) is 5.96. The van der Waals surface area contributed by atoms with Gasteiger partial charge in [-0.1, -0.05) is 45.9 Å². The van der Waals surface area contributed by atoms with Gasteiger partial charge < -0.3 is 9.47 Å². The number of hydrogen-bond donors (Lipinski definition) is 0. The number of carbonyl (C=O) groups excluding carboxylic acids is 1. The highest BCUT2D eigenvalue weighted by Gasteiger charge is 2.51. The molecule has 0 radical (unpaired) electrons. The van der Waals surface area contributed by atoms with Gasteiger partial charge in [-0.2, -0.15) is 0 Å². The van der Waals surface area contributed by atoms with Crippen LogP contribution in [0.5, 0.6) is 0 Å². The van der Waals surface area contributed by atoms with Crippen molar-refractivity contribution in [1.82, 2.24) is 0 Å². The van der Waals surface area contributed by atoms with E-state index in [9.17, 15) is 4.79 Å². The Bertz CT molecular complexity index is 451. The Hall–Kier alpha value is -1.35. The molecule has 0 heterocycles. The summed E-state index contributed by atoms with van der Waals surface area (Å²) in [6, 6.07) is 9.13. The molecule has 0 aromatic heterocycles. The number of carbonyl (C=O) groups is 1. The van der Waals surface area contributed by atoms with Gasteiger partial charge in [0, 0.05) is 18.4 Å². The topological polar surface area (TPSA) is 35.5 Å². The lowest BCUT2D eigenvalue weighted by molar-refractivity contribution is -0.180. The van der Waals surface area contributed by atoms with E-state index in [0.717, 1.165) is 13.0 Å². The van der Waals surface area contributed by atoms with Crippen molar-refractivity contribution in [2.75, 3.05) is 6.61 Å². The largest absolute Gasteiger partial charge is 0.458 e. The number of hydrogen-bond acceptors (Lipinski definition) is 3. The molecule has 1 fully saturated rings. The minimum absolute atomic E-state index is 0.0626. The Morgan fingerprint density at radius 1 is 1.25 bits per heavy atom. The average Bonchev–Trinajstić information content (AvgIpc) is 2.42. The van der Waals surface area contributed by atoms with E-state index in [2.05, 4.69) is 27.7 Å². The second-order valence-electron chi connectivity index (χ2n) is 6.53. The second-order valence-corrected chi connectivity index (χ2v) is 6.53. The van der Waals surface area contributed by atoms with Crippen LogP contribution in [-0.4, -0.2) is 24.8 Å². The van der Waals surface area contributed by atoms with Crippen molar-refractivity contribution in [2.24, 2.45) is 11.3 Å². The lowest BCUT2D eigenvalue weighted by Crippen LogP contribution is -2.56. The van der Waals surface area contributed by atoms with Gasteiger partial charge in [0.15, 0.2) is 0 Å². The molecule has 2 rings (SSSR count). The van der Waals surface area contributed by atoms with Crippen LogP contribution in [0, 0.1) is 11.3 Å². The van der Waals surface area contributed by atoms with E-state index >= 15 is 0 Å². The first-order chi connectivity index (χ1) is 9.41. The summed E-state index contributed by atoms with van der Waals surface area (Å²) >= 11 is 0. The molecule has 1 aromatic carbocycles. The molecule has 0 amide bonds. The third-order valence-corrected chi connectivity index (χ3v) is 3.98. The number of esters is 1. The van der Waals surface area contributed by atoms with Crippen LogP contribution in [0.3, 0.4) is 0 Å². The summed E-state index contributed by atoms with van der Waals surface area (Å²) in [5.41, 5.74) is 0.495. The normalized spacial score (nSPS) is 24.2. The first-order valence-corrected chi connectivity index (χ1v) is 7.29. The van der Waals surface area contributed by atoms with Gasteiger partial charge in [0.25, 0.3) is 0 Å². The fraction of sp³-hybridized carbons (Fsp3) is 0.588. The zero-order valence-corrected chi connectivity index (χ0v) is 12.8. The van der Waals surface area contributed by atoms with Gasteiger partial charge in [-0.3, -0.25) is 0 Å². The van der Waals surface area contributed by atoms with E-state index in [1.807, 2.05) is 18.2 Å². The van der Waals surface area contributed by atoms with Crippen LogP contribution in [0.2, 0.25) is 0 Å². The van der Waals surface area contributed by atoms with Gasteiger partial charge in [0.05, 0.1) is 11.7 Å². The van der Waals surface area contributed by atoms with Gasteiger partial charge in [-0.15, -0.1) is 0 Å². The van der Waals surface area contributed by atoms with Gasteiger partial charge in [-0.25, -0.2) is 4.79 Å². The summed E-state index contributed by atoms with van der Waals surface area (Å²) in [6.45, 7) is 9.24. The van der Waals surface area contributed by atoms with Gasteiger partial charge in [-0.05, 0) is 18.1 Å². The standard InChI is InChI=1S/C17H24O3/c1-12(2)11-19-14-10-15(17(14,3)4)20-16(18)13-8-6-5-7-9-13/h5-9,12,14-15H,10-11H2,1-4H3/t14-,15-/m1/s1. The predicted molar refractivity (Wildman–Crippen MR) is 78.6 cm³/mol. The molecule has 0 aliphatic heterocycles. The maximum absolute atomic E-state index is 12.0. The molecule has 20 heavy (non-hydrogen) atoms. The van der Waals surface area contributed by atoms with Crippen LogP contribution in [0.1, 0.15) is 44.5 Å². The van der Waals surface area contributed by atoms with Crippen molar-refractivity contribution in [2.45, 2.75) is 46.3 Å². The van der Waals surface area contributed by atoms with Crippen molar-refractivity contribution < 1.29 is 14.3 Å². The van der Waals surface area contributed by atoms with Crippen LogP contribution < -0.4 is 0 Å². The lowest BCUT2D eigenvalue weighted by Gasteiger charge is -2.50. The van der Waals surface area contributed by atoms with Crippen LogP contribution in [0.25, 0.3) is 0 Å². The highest BCUT2D eigenvalue weighted by atomic mass is 16.6. The average molecular weight is 276 g/mol. The molecule has 3 nitrogen and oxygen atoms in total. The Kier molecular flexibility index (Phi) is 4.48. The summed E-state index contributed by atoms with van der Waals surface area (Å²) in [7, 11) is 0. The van der Waals surface area contributed by atoms with E-state index in [1.54, 1.807) is 12.1 Å². The van der Waals surface area contributed by atoms with E-state index in [0.29, 0.717) is 11.5 Å². The highest BCUT2D eigenvalue weighted by Crippen LogP contribution is 2.45. The SMILES string of the molecule is CC(C)CO[C@@H]1C[C@@H](OC(=O)c2ccccc2)C1(C)C. The molecule has 1 saturated carbocycles. The van der Waals surface area contributed by atoms with Gasteiger partial charge in [0.2, 0.25) is 0 Å².